The van der Waals surface area contributed by atoms with Gasteiger partial charge in [-0.3, -0.25) is 4.79 Å². The van der Waals surface area contributed by atoms with Crippen molar-refractivity contribution in [3.63, 3.8) is 0 Å². The van der Waals surface area contributed by atoms with E-state index >= 15 is 0 Å². The second-order valence-electron chi connectivity index (χ2n) is 7.16. The van der Waals surface area contributed by atoms with Crippen LogP contribution in [0.1, 0.15) is 30.9 Å². The molecule has 0 fully saturated rings. The standard InChI is InChI=1S/C23H27N2O2/c1-16(12-19-14-25-21-11-7-6-10-20(19)21)13-24-22(15-26)23(17(2)27)18-8-4-3-5-9-18/h3-11,14,22-26H,12-13,15H2,1-2H3. The van der Waals surface area contributed by atoms with E-state index in [-0.39, 0.29) is 24.3 Å². The molecule has 3 N–H and O–H groups in total. The maximum atomic E-state index is 12.2. The molecule has 1 radical (unpaired) electrons. The molecule has 0 aliphatic rings. The highest BCUT2D eigenvalue weighted by atomic mass is 16.3. The number of benzene rings is 2. The molecule has 1 heterocycles. The number of aromatic nitrogens is 1. The smallest absolute Gasteiger partial charge is 0.138 e. The van der Waals surface area contributed by atoms with Gasteiger partial charge in [-0.05, 0) is 36.5 Å². The number of hydrogen-bond donors (Lipinski definition) is 3. The van der Waals surface area contributed by atoms with E-state index in [4.69, 9.17) is 0 Å². The zero-order valence-electron chi connectivity index (χ0n) is 15.9. The molecule has 2 unspecified atom stereocenters. The molecule has 0 bridgehead atoms. The molecule has 27 heavy (non-hydrogen) atoms. The number of ketones is 1. The molecular weight excluding hydrogens is 336 g/mol. The zero-order valence-corrected chi connectivity index (χ0v) is 15.9. The van der Waals surface area contributed by atoms with Crippen molar-refractivity contribution in [3.05, 3.63) is 77.8 Å². The first-order valence-electron chi connectivity index (χ1n) is 9.36. The lowest BCUT2D eigenvalue weighted by molar-refractivity contribution is -0.119. The number of nitrogens with one attached hydrogen (secondary N) is 2. The molecule has 0 spiro atoms. The summed E-state index contributed by atoms with van der Waals surface area (Å²) in [4.78, 5) is 15.5. The van der Waals surface area contributed by atoms with Gasteiger partial charge in [-0.1, -0.05) is 55.5 Å². The van der Waals surface area contributed by atoms with Crippen LogP contribution in [0.5, 0.6) is 0 Å². The van der Waals surface area contributed by atoms with Gasteiger partial charge in [-0.15, -0.1) is 0 Å². The highest BCUT2D eigenvalue weighted by molar-refractivity contribution is 5.84. The Morgan fingerprint density at radius 2 is 1.78 bits per heavy atom. The molecule has 4 heteroatoms. The van der Waals surface area contributed by atoms with Gasteiger partial charge in [0.15, 0.2) is 0 Å². The second kappa shape index (κ2) is 8.98. The molecule has 0 amide bonds. The van der Waals surface area contributed by atoms with Crippen molar-refractivity contribution in [2.24, 2.45) is 0 Å². The van der Waals surface area contributed by atoms with Crippen molar-refractivity contribution in [3.8, 4) is 0 Å². The Balaban J connectivity index is 1.65. The molecule has 1 aromatic heterocycles. The molecular formula is C23H27N2O2. The summed E-state index contributed by atoms with van der Waals surface area (Å²) in [6.07, 6.45) is 2.91. The Morgan fingerprint density at radius 3 is 2.48 bits per heavy atom. The number of fused-ring (bicyclic) bond motifs is 1. The normalized spacial score (nSPS) is 13.8. The van der Waals surface area contributed by atoms with Crippen LogP contribution in [-0.2, 0) is 11.2 Å². The molecule has 3 rings (SSSR count). The fourth-order valence-corrected chi connectivity index (χ4v) is 3.67. The molecule has 2 atom stereocenters. The Labute approximate surface area is 160 Å². The van der Waals surface area contributed by atoms with Crippen LogP contribution < -0.4 is 5.32 Å². The summed E-state index contributed by atoms with van der Waals surface area (Å²) in [5, 5.41) is 14.5. The SMILES string of the molecule is C[C](CNC(CO)C(C(C)=O)c1ccccc1)Cc1c[nH]c2ccccc12. The number of hydrogen-bond acceptors (Lipinski definition) is 3. The van der Waals surface area contributed by atoms with Gasteiger partial charge in [0.05, 0.1) is 12.5 Å². The number of H-pyrrole nitrogens is 1. The van der Waals surface area contributed by atoms with Crippen LogP contribution in [-0.4, -0.2) is 35.1 Å². The van der Waals surface area contributed by atoms with Crippen molar-refractivity contribution < 1.29 is 9.90 Å². The molecule has 141 valence electrons. The predicted molar refractivity (Wildman–Crippen MR) is 110 cm³/mol. The highest BCUT2D eigenvalue weighted by Crippen LogP contribution is 2.23. The summed E-state index contributed by atoms with van der Waals surface area (Å²) >= 11 is 0. The minimum absolute atomic E-state index is 0.0574. The van der Waals surface area contributed by atoms with Crippen LogP contribution in [0.4, 0.5) is 0 Å². The Bertz CT molecular complexity index is 872. The van der Waals surface area contributed by atoms with E-state index < -0.39 is 0 Å². The van der Waals surface area contributed by atoms with Gasteiger partial charge in [-0.2, -0.15) is 0 Å². The van der Waals surface area contributed by atoms with Gasteiger partial charge in [0.1, 0.15) is 5.78 Å². The first kappa shape index (κ1) is 19.3. The molecule has 2 aromatic carbocycles. The zero-order chi connectivity index (χ0) is 19.2. The van der Waals surface area contributed by atoms with Gasteiger partial charge in [0, 0.05) is 29.7 Å². The van der Waals surface area contributed by atoms with E-state index in [1.54, 1.807) is 6.92 Å². The lowest BCUT2D eigenvalue weighted by Crippen LogP contribution is -2.42. The predicted octanol–water partition coefficient (Wildman–Crippen LogP) is 3.63. The Kier molecular flexibility index (Phi) is 6.43. The van der Waals surface area contributed by atoms with Crippen molar-refractivity contribution in [2.45, 2.75) is 32.2 Å². The topological polar surface area (TPSA) is 65.1 Å². The van der Waals surface area contributed by atoms with Crippen LogP contribution in [0.25, 0.3) is 10.9 Å². The third-order valence-electron chi connectivity index (χ3n) is 5.03. The molecule has 0 saturated heterocycles. The van der Waals surface area contributed by atoms with Crippen molar-refractivity contribution in [2.75, 3.05) is 13.2 Å². The van der Waals surface area contributed by atoms with Crippen molar-refractivity contribution >= 4 is 16.7 Å². The van der Waals surface area contributed by atoms with Crippen LogP contribution >= 0.6 is 0 Å². The van der Waals surface area contributed by atoms with Crippen LogP contribution in [0.15, 0.2) is 60.8 Å². The number of carbonyl (C=O) groups excluding carboxylic acids is 1. The molecule has 0 aliphatic heterocycles. The van der Waals surface area contributed by atoms with E-state index in [0.29, 0.717) is 6.54 Å². The number of rotatable bonds is 9. The van der Waals surface area contributed by atoms with Crippen molar-refractivity contribution in [1.82, 2.24) is 10.3 Å². The van der Waals surface area contributed by atoms with Gasteiger partial charge < -0.3 is 15.4 Å². The van der Waals surface area contributed by atoms with E-state index in [1.807, 2.05) is 42.5 Å². The summed E-state index contributed by atoms with van der Waals surface area (Å²) in [6.45, 7) is 4.26. The fourth-order valence-electron chi connectivity index (χ4n) is 3.67. The monoisotopic (exact) mass is 363 g/mol. The van der Waals surface area contributed by atoms with E-state index in [1.165, 1.54) is 16.9 Å². The fraction of sp³-hybridized carbons (Fsp3) is 0.304. The average Bonchev–Trinajstić information content (AvgIpc) is 3.08. The van der Waals surface area contributed by atoms with E-state index in [2.05, 4.69) is 35.6 Å². The number of carbonyl (C=O) groups is 1. The second-order valence-corrected chi connectivity index (χ2v) is 7.16. The van der Waals surface area contributed by atoms with Crippen LogP contribution in [0.3, 0.4) is 0 Å². The summed E-state index contributed by atoms with van der Waals surface area (Å²) < 4.78 is 0. The minimum atomic E-state index is -0.350. The lowest BCUT2D eigenvalue weighted by Gasteiger charge is -2.26. The molecule has 0 aliphatic carbocycles. The van der Waals surface area contributed by atoms with Gasteiger partial charge >= 0.3 is 0 Å². The van der Waals surface area contributed by atoms with Crippen molar-refractivity contribution in [1.29, 1.82) is 0 Å². The summed E-state index contributed by atoms with van der Waals surface area (Å²) in [6, 6.07) is 17.6. The van der Waals surface area contributed by atoms with E-state index in [9.17, 15) is 9.90 Å². The average molecular weight is 363 g/mol. The molecule has 3 aromatic rings. The first-order chi connectivity index (χ1) is 13.1. The third kappa shape index (κ3) is 4.65. The highest BCUT2D eigenvalue weighted by Gasteiger charge is 2.26. The summed E-state index contributed by atoms with van der Waals surface area (Å²) in [5.41, 5.74) is 3.34. The largest absolute Gasteiger partial charge is 0.395 e. The number of aliphatic hydroxyl groups is 1. The quantitative estimate of drug-likeness (QED) is 0.544. The Hall–Kier alpha value is -2.43. The summed E-state index contributed by atoms with van der Waals surface area (Å²) in [7, 11) is 0. The van der Waals surface area contributed by atoms with Crippen LogP contribution in [0.2, 0.25) is 0 Å². The summed E-state index contributed by atoms with van der Waals surface area (Å²) in [5.74, 6) is 0.965. The molecule has 4 nitrogen and oxygen atoms in total. The van der Waals surface area contributed by atoms with Gasteiger partial charge in [-0.25, -0.2) is 0 Å². The lowest BCUT2D eigenvalue weighted by atomic mass is 9.88. The number of aliphatic hydroxyl groups excluding tert-OH is 1. The number of aromatic amines is 1. The Morgan fingerprint density at radius 1 is 1.07 bits per heavy atom. The van der Waals surface area contributed by atoms with Gasteiger partial charge in [0.2, 0.25) is 0 Å². The number of para-hydroxylation sites is 1. The van der Waals surface area contributed by atoms with Crippen LogP contribution in [0, 0.1) is 5.92 Å². The minimum Gasteiger partial charge on any atom is -0.395 e. The maximum absolute atomic E-state index is 12.2. The van der Waals surface area contributed by atoms with E-state index in [0.717, 1.165) is 17.5 Å². The van der Waals surface area contributed by atoms with Gasteiger partial charge in [0.25, 0.3) is 0 Å². The first-order valence-corrected chi connectivity index (χ1v) is 9.36. The third-order valence-corrected chi connectivity index (χ3v) is 5.03. The number of Topliss-reactive ketones (excluding diaryl/α,β-unsaturated/α-hetero) is 1. The molecule has 0 saturated carbocycles. The maximum Gasteiger partial charge on any atom is 0.138 e.